The second kappa shape index (κ2) is 4.57. The summed E-state index contributed by atoms with van der Waals surface area (Å²) < 4.78 is 10.9. The number of ketones is 1. The summed E-state index contributed by atoms with van der Waals surface area (Å²) in [6, 6.07) is 0. The number of rotatable bonds is 1. The molecule has 5 unspecified atom stereocenters. The zero-order valence-electron chi connectivity index (χ0n) is 12.7. The Balaban J connectivity index is 2.00. The van der Waals surface area contributed by atoms with Crippen molar-refractivity contribution in [3.63, 3.8) is 0 Å². The Bertz CT molecular complexity index is 525. The third-order valence-electron chi connectivity index (χ3n) is 5.81. The lowest BCUT2D eigenvalue weighted by Crippen LogP contribution is -2.47. The minimum absolute atomic E-state index is 0.166. The lowest BCUT2D eigenvalue weighted by molar-refractivity contribution is -0.127. The van der Waals surface area contributed by atoms with Gasteiger partial charge in [0, 0.05) is 11.8 Å². The predicted octanol–water partition coefficient (Wildman–Crippen LogP) is 2.93. The van der Waals surface area contributed by atoms with E-state index in [0.717, 1.165) is 12.8 Å². The number of hydrogen-bond donors (Lipinski definition) is 1. The van der Waals surface area contributed by atoms with E-state index in [0.29, 0.717) is 24.3 Å². The Morgan fingerprint density at radius 1 is 1.48 bits per heavy atom. The molecular formula is C16H22O5. The van der Waals surface area contributed by atoms with E-state index in [2.05, 4.69) is 13.8 Å². The van der Waals surface area contributed by atoms with Crippen molar-refractivity contribution in [1.29, 1.82) is 0 Å². The number of epoxide rings is 1. The molecular weight excluding hydrogens is 272 g/mol. The van der Waals surface area contributed by atoms with E-state index in [1.54, 1.807) is 6.92 Å². The van der Waals surface area contributed by atoms with Crippen molar-refractivity contribution in [3.05, 3.63) is 11.6 Å². The van der Waals surface area contributed by atoms with Gasteiger partial charge in [0.15, 0.2) is 11.9 Å². The van der Waals surface area contributed by atoms with Crippen molar-refractivity contribution in [2.24, 2.45) is 11.3 Å². The highest BCUT2D eigenvalue weighted by Gasteiger charge is 2.69. The fourth-order valence-electron chi connectivity index (χ4n) is 4.36. The average molecular weight is 294 g/mol. The molecule has 5 atom stereocenters. The summed E-state index contributed by atoms with van der Waals surface area (Å²) in [5, 5.41) is 8.84. The Labute approximate surface area is 124 Å². The van der Waals surface area contributed by atoms with E-state index in [4.69, 9.17) is 14.6 Å². The molecule has 2 aliphatic carbocycles. The normalized spacial score (nSPS) is 45.6. The lowest BCUT2D eigenvalue weighted by atomic mass is 9.58. The van der Waals surface area contributed by atoms with Gasteiger partial charge in [-0.1, -0.05) is 19.9 Å². The summed E-state index contributed by atoms with van der Waals surface area (Å²) in [7, 11) is 0. The number of carbonyl (C=O) groups is 2. The van der Waals surface area contributed by atoms with Crippen molar-refractivity contribution in [2.75, 3.05) is 0 Å². The summed E-state index contributed by atoms with van der Waals surface area (Å²) in [5.41, 5.74) is 0.281. The summed E-state index contributed by atoms with van der Waals surface area (Å²) in [6.45, 7) is 6.17. The summed E-state index contributed by atoms with van der Waals surface area (Å²) >= 11 is 0. The van der Waals surface area contributed by atoms with Gasteiger partial charge in [-0.15, -0.1) is 0 Å². The Morgan fingerprint density at radius 3 is 2.86 bits per heavy atom. The third kappa shape index (κ3) is 2.01. The molecule has 1 spiro atoms. The average Bonchev–Trinajstić information content (AvgIpc) is 3.13. The van der Waals surface area contributed by atoms with Gasteiger partial charge in [0.1, 0.15) is 5.60 Å². The van der Waals surface area contributed by atoms with Crippen LogP contribution in [0.5, 0.6) is 0 Å². The van der Waals surface area contributed by atoms with Gasteiger partial charge in [-0.25, -0.2) is 4.79 Å². The Kier molecular flexibility index (Phi) is 3.17. The van der Waals surface area contributed by atoms with Crippen LogP contribution in [0.2, 0.25) is 0 Å². The molecule has 3 aliphatic rings. The van der Waals surface area contributed by atoms with E-state index < -0.39 is 12.3 Å². The van der Waals surface area contributed by atoms with Crippen LogP contribution in [0.25, 0.3) is 0 Å². The van der Waals surface area contributed by atoms with Gasteiger partial charge in [0.2, 0.25) is 0 Å². The molecule has 5 nitrogen and oxygen atoms in total. The molecule has 0 aromatic heterocycles. The van der Waals surface area contributed by atoms with Crippen molar-refractivity contribution in [1.82, 2.24) is 0 Å². The molecule has 1 heterocycles. The van der Waals surface area contributed by atoms with Gasteiger partial charge in [-0.3, -0.25) is 4.79 Å². The van der Waals surface area contributed by atoms with Crippen LogP contribution < -0.4 is 0 Å². The molecule has 0 bridgehead atoms. The molecule has 0 aromatic carbocycles. The van der Waals surface area contributed by atoms with E-state index in [9.17, 15) is 9.59 Å². The minimum Gasteiger partial charge on any atom is -0.450 e. The van der Waals surface area contributed by atoms with Crippen LogP contribution >= 0.6 is 0 Å². The van der Waals surface area contributed by atoms with Crippen LogP contribution in [0.3, 0.4) is 0 Å². The smallest absolute Gasteiger partial charge is 0.450 e. The van der Waals surface area contributed by atoms with Crippen LogP contribution in [-0.4, -0.2) is 34.9 Å². The third-order valence-corrected chi connectivity index (χ3v) is 5.81. The van der Waals surface area contributed by atoms with Crippen molar-refractivity contribution in [2.45, 2.75) is 64.3 Å². The highest BCUT2D eigenvalue weighted by atomic mass is 16.7. The van der Waals surface area contributed by atoms with Gasteiger partial charge >= 0.3 is 6.16 Å². The number of carbonyl (C=O) groups excluding carboxylic acids is 1. The van der Waals surface area contributed by atoms with Crippen LogP contribution in [0.4, 0.5) is 4.79 Å². The molecule has 1 saturated heterocycles. The molecule has 0 radical (unpaired) electrons. The van der Waals surface area contributed by atoms with E-state index in [-0.39, 0.29) is 22.9 Å². The predicted molar refractivity (Wildman–Crippen MR) is 75.0 cm³/mol. The first-order chi connectivity index (χ1) is 9.80. The maximum absolute atomic E-state index is 12.2. The van der Waals surface area contributed by atoms with Gasteiger partial charge < -0.3 is 14.6 Å². The monoisotopic (exact) mass is 294 g/mol. The quantitative estimate of drug-likeness (QED) is 0.457. The second-order valence-corrected chi connectivity index (χ2v) is 6.88. The van der Waals surface area contributed by atoms with Crippen molar-refractivity contribution in [3.8, 4) is 0 Å². The van der Waals surface area contributed by atoms with Crippen molar-refractivity contribution < 1.29 is 24.2 Å². The number of Topliss-reactive ketones (excluding diaryl/α,β-unsaturated/α-hetero) is 1. The Hall–Kier alpha value is -1.36. The molecule has 2 fully saturated rings. The SMILES string of the molecule is CC1=CC2(C)C(C)CCC3OC32CCC(=O)C1OC(=O)O. The van der Waals surface area contributed by atoms with Gasteiger partial charge in [-0.05, 0) is 37.7 Å². The largest absolute Gasteiger partial charge is 0.506 e. The molecule has 116 valence electrons. The maximum Gasteiger partial charge on any atom is 0.506 e. The number of hydrogen-bond acceptors (Lipinski definition) is 4. The first kappa shape index (κ1) is 14.6. The first-order valence-corrected chi connectivity index (χ1v) is 7.59. The highest BCUT2D eigenvalue weighted by molar-refractivity contribution is 5.88. The number of carboxylic acid groups (broad SMARTS) is 1. The topological polar surface area (TPSA) is 76.1 Å². The van der Waals surface area contributed by atoms with Gasteiger partial charge in [-0.2, -0.15) is 0 Å². The highest BCUT2D eigenvalue weighted by Crippen LogP contribution is 2.64. The van der Waals surface area contributed by atoms with Gasteiger partial charge in [0.25, 0.3) is 0 Å². The first-order valence-electron chi connectivity index (χ1n) is 7.59. The maximum atomic E-state index is 12.2. The zero-order chi connectivity index (χ0) is 15.4. The molecule has 3 rings (SSSR count). The fourth-order valence-corrected chi connectivity index (χ4v) is 4.36. The van der Waals surface area contributed by atoms with Gasteiger partial charge in [0.05, 0.1) is 6.10 Å². The van der Waals surface area contributed by atoms with Crippen LogP contribution in [0, 0.1) is 11.3 Å². The standard InChI is InChI=1S/C16H22O5/c1-9-8-15(3)10(2)4-5-12-16(15,21-12)7-6-11(17)13(9)20-14(18)19/h8,10,12-13H,4-7H2,1-3H3,(H,18,19). The molecule has 1 N–H and O–H groups in total. The summed E-state index contributed by atoms with van der Waals surface area (Å²) in [4.78, 5) is 23.1. The number of ether oxygens (including phenoxy) is 2. The van der Waals surface area contributed by atoms with E-state index >= 15 is 0 Å². The van der Waals surface area contributed by atoms with Crippen molar-refractivity contribution >= 4 is 11.9 Å². The fraction of sp³-hybridized carbons (Fsp3) is 0.750. The van der Waals surface area contributed by atoms with Crippen LogP contribution in [0.15, 0.2) is 11.6 Å². The summed E-state index contributed by atoms with van der Waals surface area (Å²) in [5.74, 6) is 0.264. The van der Waals surface area contributed by atoms with E-state index in [1.807, 2.05) is 6.08 Å². The van der Waals surface area contributed by atoms with Crippen LogP contribution in [0.1, 0.15) is 46.5 Å². The van der Waals surface area contributed by atoms with Crippen LogP contribution in [-0.2, 0) is 14.3 Å². The second-order valence-electron chi connectivity index (χ2n) is 6.88. The molecule has 21 heavy (non-hydrogen) atoms. The molecule has 0 aromatic rings. The lowest BCUT2D eigenvalue weighted by Gasteiger charge is -2.44. The molecule has 0 amide bonds. The zero-order valence-corrected chi connectivity index (χ0v) is 12.7. The Morgan fingerprint density at radius 2 is 2.19 bits per heavy atom. The molecule has 5 heteroatoms. The molecule has 1 saturated carbocycles. The minimum atomic E-state index is -1.40. The summed E-state index contributed by atoms with van der Waals surface area (Å²) in [6.07, 6.45) is 3.01. The van der Waals surface area contributed by atoms with E-state index in [1.165, 1.54) is 0 Å². The molecule has 1 aliphatic heterocycles.